The Morgan fingerprint density at radius 2 is 1.60 bits per heavy atom. The number of halogens is 1. The number of benzene rings is 1. The van der Waals surface area contributed by atoms with Gasteiger partial charge in [0.15, 0.2) is 0 Å². The number of aryl methyl sites for hydroxylation is 2. The third-order valence-electron chi connectivity index (χ3n) is 3.27. The van der Waals surface area contributed by atoms with E-state index in [4.69, 9.17) is 11.6 Å². The number of hydrogen-bond donors (Lipinski definition) is 1. The topological polar surface area (TPSA) is 29.1 Å². The summed E-state index contributed by atoms with van der Waals surface area (Å²) in [4.78, 5) is 0. The third kappa shape index (κ3) is 4.31. The highest BCUT2D eigenvalue weighted by atomic mass is 35.5. The quantitative estimate of drug-likeness (QED) is 0.857. The lowest BCUT2D eigenvalue weighted by Crippen LogP contribution is -2.37. The van der Waals surface area contributed by atoms with Crippen molar-refractivity contribution in [2.75, 3.05) is 0 Å². The zero-order valence-electron chi connectivity index (χ0n) is 13.5. The van der Waals surface area contributed by atoms with E-state index in [1.807, 2.05) is 34.6 Å². The van der Waals surface area contributed by atoms with Crippen LogP contribution in [0.1, 0.15) is 57.4 Å². The molecule has 0 aromatic heterocycles. The Balaban J connectivity index is 3.13. The fourth-order valence-electron chi connectivity index (χ4n) is 2.04. The van der Waals surface area contributed by atoms with Gasteiger partial charge < -0.3 is 0 Å². The molecule has 0 unspecified atom stereocenters. The predicted octanol–water partition coefficient (Wildman–Crippen LogP) is 4.71. The van der Waals surface area contributed by atoms with Crippen LogP contribution in [0.4, 0.5) is 0 Å². The second-order valence-corrected chi connectivity index (χ2v) is 9.07. The van der Waals surface area contributed by atoms with Gasteiger partial charge in [0.05, 0.1) is 15.7 Å². The summed E-state index contributed by atoms with van der Waals surface area (Å²) in [6, 6.07) is 4.24. The summed E-state index contributed by atoms with van der Waals surface area (Å²) in [5.41, 5.74) is 3.28. The van der Waals surface area contributed by atoms with E-state index in [1.165, 1.54) is 0 Å². The maximum Gasteiger partial charge on any atom is 0.0976 e. The minimum Gasteiger partial charge on any atom is -0.242 e. The number of rotatable bonds is 4. The van der Waals surface area contributed by atoms with Crippen LogP contribution in [-0.4, -0.2) is 8.96 Å². The molecule has 20 heavy (non-hydrogen) atoms. The Hall–Kier alpha value is -0.380. The fraction of sp³-hybridized carbons (Fsp3) is 0.625. The van der Waals surface area contributed by atoms with Crippen LogP contribution < -0.4 is 4.72 Å². The van der Waals surface area contributed by atoms with Gasteiger partial charge in [-0.1, -0.05) is 37.6 Å². The molecule has 0 spiro atoms. The van der Waals surface area contributed by atoms with E-state index in [0.717, 1.165) is 21.7 Å². The number of hydrogen-bond acceptors (Lipinski definition) is 1. The lowest BCUT2D eigenvalue weighted by Gasteiger charge is -2.27. The molecule has 0 radical (unpaired) electrons. The van der Waals surface area contributed by atoms with Crippen LogP contribution >= 0.6 is 11.6 Å². The van der Waals surface area contributed by atoms with Gasteiger partial charge in [-0.05, 0) is 57.2 Å². The second kappa shape index (κ2) is 6.59. The monoisotopic (exact) mass is 315 g/mol. The van der Waals surface area contributed by atoms with Gasteiger partial charge in [0.25, 0.3) is 0 Å². The molecule has 0 bridgehead atoms. The molecule has 1 aromatic rings. The van der Waals surface area contributed by atoms with E-state index < -0.39 is 11.0 Å². The van der Waals surface area contributed by atoms with Gasteiger partial charge in [-0.2, -0.15) is 0 Å². The van der Waals surface area contributed by atoms with Gasteiger partial charge in [-0.3, -0.25) is 0 Å². The van der Waals surface area contributed by atoms with E-state index in [0.29, 0.717) is 5.92 Å². The first-order valence-corrected chi connectivity index (χ1v) is 8.51. The molecule has 0 aliphatic carbocycles. The highest BCUT2D eigenvalue weighted by molar-refractivity contribution is 7.84. The summed E-state index contributed by atoms with van der Waals surface area (Å²) < 4.78 is 15.4. The molecule has 0 heterocycles. The Morgan fingerprint density at radius 1 is 1.15 bits per heavy atom. The van der Waals surface area contributed by atoms with E-state index in [9.17, 15) is 4.21 Å². The molecule has 0 saturated heterocycles. The Labute approximate surface area is 130 Å². The van der Waals surface area contributed by atoms with E-state index >= 15 is 0 Å². The molecule has 0 saturated carbocycles. The van der Waals surface area contributed by atoms with Crippen LogP contribution in [0.3, 0.4) is 0 Å². The standard InChI is InChI=1S/C16H26ClNOS/c1-10(2)15(18-20(19)16(5,6)7)13-8-11(3)14(17)12(4)9-13/h8-10,15,18H,1-7H3/t15-,20+/m1/s1. The predicted molar refractivity (Wildman–Crippen MR) is 89.5 cm³/mol. The van der Waals surface area contributed by atoms with Gasteiger partial charge >= 0.3 is 0 Å². The largest absolute Gasteiger partial charge is 0.242 e. The van der Waals surface area contributed by atoms with Crippen molar-refractivity contribution in [2.24, 2.45) is 5.92 Å². The summed E-state index contributed by atoms with van der Waals surface area (Å²) >= 11 is 6.23. The second-order valence-electron chi connectivity index (χ2n) is 6.69. The normalized spacial score (nSPS) is 15.4. The van der Waals surface area contributed by atoms with Crippen molar-refractivity contribution in [1.29, 1.82) is 0 Å². The molecule has 0 amide bonds. The molecule has 4 heteroatoms. The molecule has 0 aliphatic heterocycles. The molecule has 1 aromatic carbocycles. The summed E-state index contributed by atoms with van der Waals surface area (Å²) in [6.07, 6.45) is 0. The lowest BCUT2D eigenvalue weighted by molar-refractivity contribution is 0.473. The number of nitrogens with one attached hydrogen (secondary N) is 1. The molecule has 0 fully saturated rings. The molecule has 2 atom stereocenters. The molecule has 114 valence electrons. The molecule has 2 nitrogen and oxygen atoms in total. The molecular weight excluding hydrogens is 290 g/mol. The zero-order chi connectivity index (χ0) is 15.7. The first kappa shape index (κ1) is 17.7. The Bertz CT molecular complexity index is 483. The van der Waals surface area contributed by atoms with Crippen molar-refractivity contribution in [3.63, 3.8) is 0 Å². The summed E-state index contributed by atoms with van der Waals surface area (Å²) in [6.45, 7) is 14.2. The molecule has 1 rings (SSSR count). The minimum absolute atomic E-state index is 0.0599. The minimum atomic E-state index is -1.09. The highest BCUT2D eigenvalue weighted by Crippen LogP contribution is 2.29. The Kier molecular flexibility index (Phi) is 5.82. The van der Waals surface area contributed by atoms with Crippen LogP contribution in [-0.2, 0) is 11.0 Å². The maximum atomic E-state index is 12.4. The molecule has 0 aliphatic rings. The first-order valence-electron chi connectivity index (χ1n) is 6.98. The lowest BCUT2D eigenvalue weighted by atomic mass is 9.94. The third-order valence-corrected chi connectivity index (χ3v) is 5.45. The van der Waals surface area contributed by atoms with Crippen molar-refractivity contribution in [1.82, 2.24) is 4.72 Å². The smallest absolute Gasteiger partial charge is 0.0976 e. The van der Waals surface area contributed by atoms with Crippen molar-refractivity contribution >= 4 is 22.6 Å². The van der Waals surface area contributed by atoms with Gasteiger partial charge in [0.1, 0.15) is 0 Å². The molecular formula is C16H26ClNOS. The van der Waals surface area contributed by atoms with Crippen LogP contribution in [0.5, 0.6) is 0 Å². The van der Waals surface area contributed by atoms with Crippen LogP contribution in [0.2, 0.25) is 5.02 Å². The average molecular weight is 316 g/mol. The van der Waals surface area contributed by atoms with Crippen molar-refractivity contribution in [3.8, 4) is 0 Å². The van der Waals surface area contributed by atoms with E-state index in [-0.39, 0.29) is 10.8 Å². The van der Waals surface area contributed by atoms with Crippen LogP contribution in [0.15, 0.2) is 12.1 Å². The van der Waals surface area contributed by atoms with Crippen LogP contribution in [0, 0.1) is 19.8 Å². The summed E-state index contributed by atoms with van der Waals surface area (Å²) in [5.74, 6) is 0.348. The Morgan fingerprint density at radius 3 is 1.95 bits per heavy atom. The zero-order valence-corrected chi connectivity index (χ0v) is 15.1. The van der Waals surface area contributed by atoms with Crippen LogP contribution in [0.25, 0.3) is 0 Å². The van der Waals surface area contributed by atoms with Crippen molar-refractivity contribution in [3.05, 3.63) is 33.8 Å². The van der Waals surface area contributed by atoms with E-state index in [2.05, 4.69) is 30.7 Å². The highest BCUT2D eigenvalue weighted by Gasteiger charge is 2.25. The van der Waals surface area contributed by atoms with Crippen molar-refractivity contribution in [2.45, 2.75) is 59.3 Å². The van der Waals surface area contributed by atoms with Gasteiger partial charge in [0.2, 0.25) is 0 Å². The van der Waals surface area contributed by atoms with Gasteiger partial charge in [0, 0.05) is 11.1 Å². The first-order chi connectivity index (χ1) is 9.04. The molecule has 1 N–H and O–H groups in total. The summed E-state index contributed by atoms with van der Waals surface area (Å²) in [5, 5.41) is 0.813. The SMILES string of the molecule is Cc1cc([C@H](N[S@@](=O)C(C)(C)C)C(C)C)cc(C)c1Cl. The summed E-state index contributed by atoms with van der Waals surface area (Å²) in [7, 11) is -1.09. The van der Waals surface area contributed by atoms with Crippen molar-refractivity contribution < 1.29 is 4.21 Å². The average Bonchev–Trinajstić information content (AvgIpc) is 2.30. The van der Waals surface area contributed by atoms with E-state index in [1.54, 1.807) is 0 Å². The maximum absolute atomic E-state index is 12.4. The van der Waals surface area contributed by atoms with Gasteiger partial charge in [-0.15, -0.1) is 0 Å². The van der Waals surface area contributed by atoms with Gasteiger partial charge in [-0.25, -0.2) is 8.93 Å². The fourth-order valence-corrected chi connectivity index (χ4v) is 3.14.